The van der Waals surface area contributed by atoms with Crippen LogP contribution in [0.5, 0.6) is 0 Å². The lowest BCUT2D eigenvalue weighted by Crippen LogP contribution is -2.15. The zero-order chi connectivity index (χ0) is 11.6. The molecule has 0 nitrogen and oxygen atoms in total. The first-order valence-electron chi connectivity index (χ1n) is 5.73. The average Bonchev–Trinajstić information content (AvgIpc) is 2.25. The molecule has 2 aromatic carbocycles. The topological polar surface area (TPSA) is 0 Å². The fraction of sp³-hybridized carbons (Fsp3) is 0.200. The van der Waals surface area contributed by atoms with Crippen molar-refractivity contribution in [3.8, 4) is 0 Å². The third-order valence-corrected chi connectivity index (χ3v) is 3.75. The highest BCUT2D eigenvalue weighted by Crippen LogP contribution is 2.20. The molecule has 0 aromatic heterocycles. The molecule has 2 rings (SSSR count). The smallest absolute Gasteiger partial charge is 0.0687 e. The molecule has 0 spiro atoms. The molecule has 82 valence electrons. The van der Waals surface area contributed by atoms with Gasteiger partial charge in [0.05, 0.1) is 8.07 Å². The third kappa shape index (κ3) is 2.61. The summed E-state index contributed by atoms with van der Waals surface area (Å²) in [4.78, 5) is 0. The highest BCUT2D eigenvalue weighted by atomic mass is 28.3. The van der Waals surface area contributed by atoms with Gasteiger partial charge in [0.25, 0.3) is 0 Å². The predicted molar refractivity (Wildman–Crippen MR) is 76.3 cm³/mol. The van der Waals surface area contributed by atoms with Crippen LogP contribution in [0.1, 0.15) is 5.56 Å². The minimum atomic E-state index is -1.11. The summed E-state index contributed by atoms with van der Waals surface area (Å²) >= 11 is 0. The van der Waals surface area contributed by atoms with Gasteiger partial charge in [-0.3, -0.25) is 0 Å². The first-order chi connectivity index (χ1) is 7.56. The molecule has 0 N–H and O–H groups in total. The number of rotatable bonds is 2. The van der Waals surface area contributed by atoms with E-state index in [1.54, 1.807) is 0 Å². The van der Waals surface area contributed by atoms with Crippen molar-refractivity contribution >= 4 is 24.9 Å². The van der Waals surface area contributed by atoms with Crippen molar-refractivity contribution in [2.45, 2.75) is 19.6 Å². The fourth-order valence-corrected chi connectivity index (χ4v) is 2.42. The zero-order valence-corrected chi connectivity index (χ0v) is 11.2. The van der Waals surface area contributed by atoms with E-state index >= 15 is 0 Å². The summed E-state index contributed by atoms with van der Waals surface area (Å²) in [6.07, 6.45) is 2.29. The van der Waals surface area contributed by atoms with E-state index in [0.29, 0.717) is 0 Å². The second-order valence-electron chi connectivity index (χ2n) is 5.27. The van der Waals surface area contributed by atoms with Crippen LogP contribution >= 0.6 is 0 Å². The predicted octanol–water partition coefficient (Wildman–Crippen LogP) is 4.73. The summed E-state index contributed by atoms with van der Waals surface area (Å²) in [5.41, 5.74) is 3.73. The van der Waals surface area contributed by atoms with Crippen molar-refractivity contribution in [1.82, 2.24) is 0 Å². The Balaban J connectivity index is 2.49. The van der Waals surface area contributed by atoms with E-state index in [-0.39, 0.29) is 0 Å². The standard InChI is InChI=1S/C15H18Si/c1-16(2,3)12-11-14-9-6-8-13-7-4-5-10-15(13)14/h4-12H,1-3H3/b12-11-. The fourth-order valence-electron chi connectivity index (χ4n) is 1.74. The van der Waals surface area contributed by atoms with Crippen molar-refractivity contribution in [3.05, 3.63) is 53.7 Å². The monoisotopic (exact) mass is 226 g/mol. The molecule has 0 saturated carbocycles. The number of hydrogen-bond acceptors (Lipinski definition) is 0. The zero-order valence-electron chi connectivity index (χ0n) is 10.2. The summed E-state index contributed by atoms with van der Waals surface area (Å²) < 4.78 is 0. The Hall–Kier alpha value is -1.34. The molecule has 0 aliphatic heterocycles. The Labute approximate surface area is 98.6 Å². The normalized spacial score (nSPS) is 12.4. The van der Waals surface area contributed by atoms with Crippen molar-refractivity contribution in [2.75, 3.05) is 0 Å². The molecule has 0 saturated heterocycles. The lowest BCUT2D eigenvalue weighted by Gasteiger charge is -2.09. The minimum Gasteiger partial charge on any atom is -0.0944 e. The lowest BCUT2D eigenvalue weighted by molar-refractivity contribution is 1.70. The lowest BCUT2D eigenvalue weighted by atomic mass is 10.1. The van der Waals surface area contributed by atoms with E-state index in [4.69, 9.17) is 0 Å². The van der Waals surface area contributed by atoms with Gasteiger partial charge in [-0.15, -0.1) is 0 Å². The molecule has 0 radical (unpaired) electrons. The van der Waals surface area contributed by atoms with Crippen LogP contribution in [0.15, 0.2) is 48.2 Å². The maximum absolute atomic E-state index is 2.40. The van der Waals surface area contributed by atoms with E-state index in [0.717, 1.165) is 0 Å². The third-order valence-electron chi connectivity index (χ3n) is 2.59. The molecule has 2 aromatic rings. The van der Waals surface area contributed by atoms with Gasteiger partial charge in [-0.2, -0.15) is 0 Å². The van der Waals surface area contributed by atoms with Gasteiger partial charge in [0.15, 0.2) is 0 Å². The van der Waals surface area contributed by atoms with Gasteiger partial charge >= 0.3 is 0 Å². The van der Waals surface area contributed by atoms with Crippen LogP contribution in [-0.2, 0) is 0 Å². The van der Waals surface area contributed by atoms with Crippen molar-refractivity contribution in [2.24, 2.45) is 0 Å². The largest absolute Gasteiger partial charge is 0.0944 e. The minimum absolute atomic E-state index is 1.11. The molecule has 0 aliphatic rings. The van der Waals surface area contributed by atoms with Crippen molar-refractivity contribution in [1.29, 1.82) is 0 Å². The van der Waals surface area contributed by atoms with Crippen LogP contribution in [0.4, 0.5) is 0 Å². The highest BCUT2D eigenvalue weighted by molar-refractivity contribution is 6.81. The van der Waals surface area contributed by atoms with Gasteiger partial charge in [-0.25, -0.2) is 0 Å². The van der Waals surface area contributed by atoms with E-state index in [1.165, 1.54) is 16.3 Å². The van der Waals surface area contributed by atoms with Crippen molar-refractivity contribution in [3.63, 3.8) is 0 Å². The maximum Gasteiger partial charge on any atom is 0.0687 e. The summed E-state index contributed by atoms with van der Waals surface area (Å²) in [6.45, 7) is 7.07. The second kappa shape index (κ2) is 4.26. The Morgan fingerprint density at radius 3 is 2.31 bits per heavy atom. The molecule has 0 aliphatic carbocycles. The van der Waals surface area contributed by atoms with E-state index in [9.17, 15) is 0 Å². The van der Waals surface area contributed by atoms with Crippen LogP contribution in [0.25, 0.3) is 16.8 Å². The number of fused-ring (bicyclic) bond motifs is 1. The average molecular weight is 226 g/mol. The molecule has 1 heteroatoms. The molecule has 0 heterocycles. The molecule has 0 amide bonds. The Kier molecular flexibility index (Phi) is 2.97. The number of benzene rings is 2. The van der Waals surface area contributed by atoms with Crippen LogP contribution in [0, 0.1) is 0 Å². The quantitative estimate of drug-likeness (QED) is 0.649. The highest BCUT2D eigenvalue weighted by Gasteiger charge is 2.07. The van der Waals surface area contributed by atoms with Crippen molar-refractivity contribution < 1.29 is 0 Å². The molecule has 0 atom stereocenters. The summed E-state index contributed by atoms with van der Waals surface area (Å²) in [7, 11) is -1.11. The van der Waals surface area contributed by atoms with E-state index in [2.05, 4.69) is 73.9 Å². The first-order valence-corrected chi connectivity index (χ1v) is 9.31. The van der Waals surface area contributed by atoms with Crippen LogP contribution in [0.3, 0.4) is 0 Å². The van der Waals surface area contributed by atoms with Gasteiger partial charge in [-0.05, 0) is 16.3 Å². The Morgan fingerprint density at radius 1 is 0.875 bits per heavy atom. The molecule has 0 bridgehead atoms. The van der Waals surface area contributed by atoms with Gasteiger partial charge in [-0.1, -0.05) is 73.9 Å². The van der Waals surface area contributed by atoms with Crippen LogP contribution < -0.4 is 0 Å². The summed E-state index contributed by atoms with van der Waals surface area (Å²) in [5, 5.41) is 2.67. The van der Waals surface area contributed by atoms with Gasteiger partial charge in [0.2, 0.25) is 0 Å². The van der Waals surface area contributed by atoms with E-state index in [1.807, 2.05) is 0 Å². The van der Waals surface area contributed by atoms with Gasteiger partial charge in [0.1, 0.15) is 0 Å². The molecule has 0 unspecified atom stereocenters. The number of hydrogen-bond donors (Lipinski definition) is 0. The van der Waals surface area contributed by atoms with Gasteiger partial charge in [0, 0.05) is 0 Å². The SMILES string of the molecule is C[Si](C)(C)/C=C\c1cccc2ccccc12. The van der Waals surface area contributed by atoms with Crippen LogP contribution in [0.2, 0.25) is 19.6 Å². The first kappa shape index (κ1) is 11.2. The second-order valence-corrected chi connectivity index (χ2v) is 10.3. The van der Waals surface area contributed by atoms with E-state index < -0.39 is 8.07 Å². The van der Waals surface area contributed by atoms with Gasteiger partial charge < -0.3 is 0 Å². The maximum atomic E-state index is 2.40. The summed E-state index contributed by atoms with van der Waals surface area (Å²) in [5.74, 6) is 0. The Morgan fingerprint density at radius 2 is 1.56 bits per heavy atom. The Bertz CT molecular complexity index is 513. The molecular weight excluding hydrogens is 208 g/mol. The summed E-state index contributed by atoms with van der Waals surface area (Å²) in [6, 6.07) is 15.1. The molecule has 16 heavy (non-hydrogen) atoms. The van der Waals surface area contributed by atoms with Crippen LogP contribution in [-0.4, -0.2) is 8.07 Å². The molecule has 0 fully saturated rings. The molecular formula is C15H18Si.